The number of ether oxygens (including phenoxy) is 1. The lowest BCUT2D eigenvalue weighted by molar-refractivity contribution is -0.121. The van der Waals surface area contributed by atoms with Crippen molar-refractivity contribution in [2.45, 2.75) is 47.1 Å². The number of carbonyl (C=O) groups excluding carboxylic acids is 2. The molecule has 2 amide bonds. The van der Waals surface area contributed by atoms with Crippen LogP contribution in [0.15, 0.2) is 0 Å². The summed E-state index contributed by atoms with van der Waals surface area (Å²) < 4.78 is 5.32. The predicted octanol–water partition coefficient (Wildman–Crippen LogP) is 0.259. The smallest absolute Gasteiger partial charge is 0.234 e. The maximum atomic E-state index is 11.4. The van der Waals surface area contributed by atoms with Crippen molar-refractivity contribution < 1.29 is 14.3 Å². The standard InChI is InChI=1S/C14H30N4O3.C2H6/c1-4-13(19)18-8-10-21-9-7-15-11-14(20)17-6-5-16-12(2)3;1-2/h12,15-16H,4-11H2,1-3H3,(H,17,20)(H,18,19);1-2H3. The Morgan fingerprint density at radius 2 is 1.52 bits per heavy atom. The maximum absolute atomic E-state index is 11.4. The number of nitrogens with one attached hydrogen (secondary N) is 4. The van der Waals surface area contributed by atoms with Crippen molar-refractivity contribution in [3.63, 3.8) is 0 Å². The summed E-state index contributed by atoms with van der Waals surface area (Å²) in [6.45, 7) is 13.8. The minimum absolute atomic E-state index is 0.0178. The second-order valence-corrected chi connectivity index (χ2v) is 4.95. The molecule has 0 aromatic rings. The molecule has 138 valence electrons. The summed E-state index contributed by atoms with van der Waals surface area (Å²) in [7, 11) is 0. The van der Waals surface area contributed by atoms with E-state index in [9.17, 15) is 9.59 Å². The van der Waals surface area contributed by atoms with Gasteiger partial charge in [0.05, 0.1) is 19.8 Å². The van der Waals surface area contributed by atoms with Gasteiger partial charge in [-0.3, -0.25) is 9.59 Å². The summed E-state index contributed by atoms with van der Waals surface area (Å²) in [6.07, 6.45) is 0.489. The molecule has 0 unspecified atom stereocenters. The molecule has 0 rings (SSSR count). The molecule has 0 bridgehead atoms. The van der Waals surface area contributed by atoms with Crippen LogP contribution in [0.3, 0.4) is 0 Å². The van der Waals surface area contributed by atoms with Crippen LogP contribution in [0.4, 0.5) is 0 Å². The lowest BCUT2D eigenvalue weighted by Crippen LogP contribution is -2.39. The Hall–Kier alpha value is -1.18. The first-order valence-corrected chi connectivity index (χ1v) is 8.61. The number of hydrogen-bond acceptors (Lipinski definition) is 5. The minimum Gasteiger partial charge on any atom is -0.378 e. The SMILES string of the molecule is CC.CCC(=O)NCCOCCNCC(=O)NCCNC(C)C. The first-order valence-electron chi connectivity index (χ1n) is 8.61. The molecule has 0 aromatic heterocycles. The Kier molecular flexibility index (Phi) is 19.8. The Labute approximate surface area is 141 Å². The number of amides is 2. The van der Waals surface area contributed by atoms with E-state index in [1.165, 1.54) is 0 Å². The van der Waals surface area contributed by atoms with Crippen LogP contribution in [0, 0.1) is 0 Å². The van der Waals surface area contributed by atoms with Crippen LogP contribution in [-0.4, -0.2) is 63.8 Å². The van der Waals surface area contributed by atoms with Crippen molar-refractivity contribution >= 4 is 11.8 Å². The summed E-state index contributed by atoms with van der Waals surface area (Å²) >= 11 is 0. The molecular weight excluding hydrogens is 296 g/mol. The van der Waals surface area contributed by atoms with Gasteiger partial charge in [0.15, 0.2) is 0 Å². The molecular formula is C16H36N4O3. The van der Waals surface area contributed by atoms with Gasteiger partial charge in [-0.15, -0.1) is 0 Å². The first kappa shape index (κ1) is 24.1. The van der Waals surface area contributed by atoms with Crippen molar-refractivity contribution in [3.8, 4) is 0 Å². The van der Waals surface area contributed by atoms with Gasteiger partial charge < -0.3 is 26.0 Å². The van der Waals surface area contributed by atoms with Crippen LogP contribution in [0.25, 0.3) is 0 Å². The first-order chi connectivity index (χ1) is 11.1. The molecule has 0 aliphatic carbocycles. The van der Waals surface area contributed by atoms with Crippen molar-refractivity contribution in [1.29, 1.82) is 0 Å². The van der Waals surface area contributed by atoms with Gasteiger partial charge in [-0.05, 0) is 0 Å². The van der Waals surface area contributed by atoms with Crippen LogP contribution < -0.4 is 21.3 Å². The van der Waals surface area contributed by atoms with Crippen LogP contribution in [-0.2, 0) is 14.3 Å². The Morgan fingerprint density at radius 1 is 0.913 bits per heavy atom. The molecule has 0 aromatic carbocycles. The van der Waals surface area contributed by atoms with E-state index in [1.807, 2.05) is 20.8 Å². The van der Waals surface area contributed by atoms with Gasteiger partial charge in [-0.2, -0.15) is 0 Å². The topological polar surface area (TPSA) is 91.5 Å². The van der Waals surface area contributed by atoms with Crippen molar-refractivity contribution in [2.75, 3.05) is 45.9 Å². The minimum atomic E-state index is -0.0178. The molecule has 0 saturated heterocycles. The highest BCUT2D eigenvalue weighted by Crippen LogP contribution is 1.77. The second-order valence-electron chi connectivity index (χ2n) is 4.95. The molecule has 0 aliphatic heterocycles. The fourth-order valence-corrected chi connectivity index (χ4v) is 1.46. The van der Waals surface area contributed by atoms with E-state index in [-0.39, 0.29) is 18.4 Å². The fraction of sp³-hybridized carbons (Fsp3) is 0.875. The summed E-state index contributed by atoms with van der Waals surface area (Å²) in [5, 5.41) is 11.8. The monoisotopic (exact) mass is 332 g/mol. The largest absolute Gasteiger partial charge is 0.378 e. The van der Waals surface area contributed by atoms with Gasteiger partial charge in [0.25, 0.3) is 0 Å². The molecule has 4 N–H and O–H groups in total. The average molecular weight is 332 g/mol. The molecule has 0 atom stereocenters. The third kappa shape index (κ3) is 20.8. The van der Waals surface area contributed by atoms with E-state index < -0.39 is 0 Å². The summed E-state index contributed by atoms with van der Waals surface area (Å²) in [5.41, 5.74) is 0. The highest BCUT2D eigenvalue weighted by atomic mass is 16.5. The van der Waals surface area contributed by atoms with E-state index in [4.69, 9.17) is 4.74 Å². The fourth-order valence-electron chi connectivity index (χ4n) is 1.46. The summed E-state index contributed by atoms with van der Waals surface area (Å²) in [6, 6.07) is 0.430. The molecule has 0 aliphatic rings. The van der Waals surface area contributed by atoms with E-state index in [2.05, 4.69) is 35.1 Å². The van der Waals surface area contributed by atoms with E-state index >= 15 is 0 Å². The van der Waals surface area contributed by atoms with Gasteiger partial charge in [-0.25, -0.2) is 0 Å². The third-order valence-corrected chi connectivity index (χ3v) is 2.60. The lowest BCUT2D eigenvalue weighted by atomic mass is 10.4. The zero-order valence-corrected chi connectivity index (χ0v) is 15.5. The molecule has 0 spiro atoms. The molecule has 0 heterocycles. The van der Waals surface area contributed by atoms with E-state index in [1.54, 1.807) is 0 Å². The molecule has 23 heavy (non-hydrogen) atoms. The molecule has 0 fully saturated rings. The van der Waals surface area contributed by atoms with Gasteiger partial charge in [0.2, 0.25) is 11.8 Å². The van der Waals surface area contributed by atoms with Crippen LogP contribution in [0.5, 0.6) is 0 Å². The quantitative estimate of drug-likeness (QED) is 0.363. The van der Waals surface area contributed by atoms with Gasteiger partial charge in [0.1, 0.15) is 0 Å². The highest BCUT2D eigenvalue weighted by molar-refractivity contribution is 5.77. The maximum Gasteiger partial charge on any atom is 0.234 e. The zero-order chi connectivity index (χ0) is 17.9. The van der Waals surface area contributed by atoms with Crippen LogP contribution >= 0.6 is 0 Å². The Bertz CT molecular complexity index is 286. The van der Waals surface area contributed by atoms with E-state index in [0.29, 0.717) is 45.3 Å². The van der Waals surface area contributed by atoms with E-state index in [0.717, 1.165) is 6.54 Å². The van der Waals surface area contributed by atoms with Crippen molar-refractivity contribution in [1.82, 2.24) is 21.3 Å². The average Bonchev–Trinajstić information content (AvgIpc) is 2.55. The Morgan fingerprint density at radius 3 is 2.13 bits per heavy atom. The van der Waals surface area contributed by atoms with Crippen molar-refractivity contribution in [2.24, 2.45) is 0 Å². The van der Waals surface area contributed by atoms with Gasteiger partial charge in [-0.1, -0.05) is 34.6 Å². The van der Waals surface area contributed by atoms with Gasteiger partial charge in [0, 0.05) is 38.6 Å². The summed E-state index contributed by atoms with van der Waals surface area (Å²) in [5.74, 6) is 0.0103. The number of hydrogen-bond donors (Lipinski definition) is 4. The van der Waals surface area contributed by atoms with Gasteiger partial charge >= 0.3 is 0 Å². The normalized spacial score (nSPS) is 10.0. The van der Waals surface area contributed by atoms with Crippen molar-refractivity contribution in [3.05, 3.63) is 0 Å². The highest BCUT2D eigenvalue weighted by Gasteiger charge is 2.00. The molecule has 7 nitrogen and oxygen atoms in total. The Balaban J connectivity index is 0. The zero-order valence-electron chi connectivity index (χ0n) is 15.5. The molecule has 0 saturated carbocycles. The second kappa shape index (κ2) is 18.9. The number of carbonyl (C=O) groups is 2. The molecule has 7 heteroatoms. The van der Waals surface area contributed by atoms with Crippen LogP contribution in [0.1, 0.15) is 41.0 Å². The summed E-state index contributed by atoms with van der Waals surface area (Å²) in [4.78, 5) is 22.4. The molecule has 0 radical (unpaired) electrons. The predicted molar refractivity (Wildman–Crippen MR) is 94.5 cm³/mol. The lowest BCUT2D eigenvalue weighted by Gasteiger charge is -2.10. The third-order valence-electron chi connectivity index (χ3n) is 2.60. The number of rotatable bonds is 13. The van der Waals surface area contributed by atoms with Crippen LogP contribution in [0.2, 0.25) is 0 Å².